The van der Waals surface area contributed by atoms with Crippen LogP contribution in [-0.2, 0) is 4.79 Å². The van der Waals surface area contributed by atoms with Crippen LogP contribution in [0.25, 0.3) is 0 Å². The van der Waals surface area contributed by atoms with Gasteiger partial charge in [0.1, 0.15) is 0 Å². The molecule has 0 amide bonds. The molecule has 14 heavy (non-hydrogen) atoms. The van der Waals surface area contributed by atoms with Gasteiger partial charge in [0.2, 0.25) is 0 Å². The molecule has 0 aliphatic heterocycles. The van der Waals surface area contributed by atoms with Crippen molar-refractivity contribution in [3.63, 3.8) is 0 Å². The average Bonchev–Trinajstić information content (AvgIpc) is 2.15. The first-order chi connectivity index (χ1) is 6.59. The van der Waals surface area contributed by atoms with E-state index in [0.29, 0.717) is 18.1 Å². The van der Waals surface area contributed by atoms with Gasteiger partial charge in [-0.15, -0.1) is 0 Å². The lowest BCUT2D eigenvalue weighted by Crippen LogP contribution is -2.06. The fourth-order valence-electron chi connectivity index (χ4n) is 1.42. The summed E-state index contributed by atoms with van der Waals surface area (Å²) < 4.78 is 0. The lowest BCUT2D eigenvalue weighted by Gasteiger charge is -2.10. The summed E-state index contributed by atoms with van der Waals surface area (Å²) in [5, 5.41) is 0.852. The van der Waals surface area contributed by atoms with Crippen LogP contribution in [0.2, 0.25) is 0 Å². The summed E-state index contributed by atoms with van der Waals surface area (Å²) in [6, 6.07) is 0. The Balaban J connectivity index is 2.46. The van der Waals surface area contributed by atoms with Crippen LogP contribution in [0.3, 0.4) is 0 Å². The monoisotopic (exact) mass is 212 g/mol. The molecule has 78 valence electrons. The van der Waals surface area contributed by atoms with E-state index in [9.17, 15) is 4.79 Å². The van der Waals surface area contributed by atoms with Gasteiger partial charge in [-0.25, -0.2) is 0 Å². The molecule has 1 rings (SSSR count). The van der Waals surface area contributed by atoms with Crippen molar-refractivity contribution < 1.29 is 4.79 Å². The van der Waals surface area contributed by atoms with Crippen LogP contribution in [0.15, 0.2) is 22.8 Å². The molecule has 1 nitrogen and oxygen atoms in total. The highest BCUT2D eigenvalue weighted by Gasteiger charge is 2.12. The van der Waals surface area contributed by atoms with Crippen LogP contribution < -0.4 is 0 Å². The number of allylic oxidation sites excluding steroid dienone is 4. The highest BCUT2D eigenvalue weighted by atomic mass is 35.5. The maximum absolute atomic E-state index is 11.7. The topological polar surface area (TPSA) is 17.1 Å². The Bertz CT molecular complexity index is 274. The molecule has 1 aliphatic carbocycles. The van der Waals surface area contributed by atoms with Gasteiger partial charge in [-0.05, 0) is 36.8 Å². The molecule has 0 bridgehead atoms. The van der Waals surface area contributed by atoms with E-state index >= 15 is 0 Å². The van der Waals surface area contributed by atoms with Gasteiger partial charge in [-0.2, -0.15) is 0 Å². The number of ketones is 1. The summed E-state index contributed by atoms with van der Waals surface area (Å²) in [5.74, 6) is 0.890. The smallest absolute Gasteiger partial charge is 0.158 e. The lowest BCUT2D eigenvalue weighted by molar-refractivity contribution is -0.116. The van der Waals surface area contributed by atoms with Crippen molar-refractivity contribution in [1.82, 2.24) is 0 Å². The minimum absolute atomic E-state index is 0.291. The Morgan fingerprint density at radius 2 is 2.14 bits per heavy atom. The third-order valence-corrected chi connectivity index (χ3v) is 2.72. The molecular weight excluding hydrogens is 196 g/mol. The summed E-state index contributed by atoms with van der Waals surface area (Å²) in [7, 11) is 0. The molecule has 0 N–H and O–H groups in total. The van der Waals surface area contributed by atoms with Gasteiger partial charge in [0.05, 0.1) is 0 Å². The number of halogens is 1. The van der Waals surface area contributed by atoms with Gasteiger partial charge in [0.25, 0.3) is 0 Å². The number of rotatable bonds is 4. The molecule has 2 heteroatoms. The zero-order valence-corrected chi connectivity index (χ0v) is 9.60. The first kappa shape index (κ1) is 11.5. The van der Waals surface area contributed by atoms with E-state index in [-0.39, 0.29) is 0 Å². The summed E-state index contributed by atoms with van der Waals surface area (Å²) >= 11 is 5.82. The molecule has 0 atom stereocenters. The third-order valence-electron chi connectivity index (χ3n) is 2.41. The van der Waals surface area contributed by atoms with Gasteiger partial charge in [-0.1, -0.05) is 31.5 Å². The maximum atomic E-state index is 11.7. The fourth-order valence-corrected chi connectivity index (χ4v) is 1.58. The Labute approximate surface area is 90.8 Å². The fraction of sp³-hybridized carbons (Fsp3) is 0.583. The van der Waals surface area contributed by atoms with Gasteiger partial charge in [0, 0.05) is 11.5 Å². The van der Waals surface area contributed by atoms with Crippen LogP contribution in [0.1, 0.15) is 39.5 Å². The summed E-state index contributed by atoms with van der Waals surface area (Å²) in [4.78, 5) is 11.7. The summed E-state index contributed by atoms with van der Waals surface area (Å²) in [6.45, 7) is 4.28. The number of carbonyl (C=O) groups is 1. The quantitative estimate of drug-likeness (QED) is 0.692. The van der Waals surface area contributed by atoms with Crippen molar-refractivity contribution in [3.8, 4) is 0 Å². The Kier molecular flexibility index (Phi) is 4.40. The van der Waals surface area contributed by atoms with Crippen LogP contribution in [0.5, 0.6) is 0 Å². The van der Waals surface area contributed by atoms with Crippen LogP contribution in [0.4, 0.5) is 0 Å². The van der Waals surface area contributed by atoms with Crippen LogP contribution >= 0.6 is 11.6 Å². The lowest BCUT2D eigenvalue weighted by atomic mass is 9.96. The van der Waals surface area contributed by atoms with Gasteiger partial charge in [0.15, 0.2) is 5.78 Å². The highest BCUT2D eigenvalue weighted by molar-refractivity contribution is 6.29. The van der Waals surface area contributed by atoms with Crippen molar-refractivity contribution in [1.29, 1.82) is 0 Å². The minimum Gasteiger partial charge on any atom is -0.295 e. The second kappa shape index (κ2) is 5.35. The van der Waals surface area contributed by atoms with E-state index in [0.717, 1.165) is 29.9 Å². The molecule has 0 saturated carbocycles. The molecule has 0 aromatic rings. The van der Waals surface area contributed by atoms with Gasteiger partial charge >= 0.3 is 0 Å². The molecule has 1 aliphatic rings. The summed E-state index contributed by atoms with van der Waals surface area (Å²) in [6.07, 6.45) is 7.00. The van der Waals surface area contributed by atoms with Crippen molar-refractivity contribution in [2.24, 2.45) is 5.92 Å². The number of hydrogen-bond donors (Lipinski definition) is 0. The van der Waals surface area contributed by atoms with Crippen LogP contribution in [-0.4, -0.2) is 5.78 Å². The molecule has 0 unspecified atom stereocenters. The van der Waals surface area contributed by atoms with E-state index in [1.54, 1.807) is 0 Å². The molecule has 0 heterocycles. The first-order valence-corrected chi connectivity index (χ1v) is 5.56. The van der Waals surface area contributed by atoms with E-state index in [1.807, 2.05) is 12.2 Å². The van der Waals surface area contributed by atoms with E-state index in [4.69, 9.17) is 11.6 Å². The highest BCUT2D eigenvalue weighted by Crippen LogP contribution is 2.23. The second-order valence-corrected chi connectivity index (χ2v) is 4.65. The van der Waals surface area contributed by atoms with Crippen LogP contribution in [0, 0.1) is 5.92 Å². The number of carbonyl (C=O) groups excluding carboxylic acids is 1. The van der Waals surface area contributed by atoms with Crippen molar-refractivity contribution in [3.05, 3.63) is 22.8 Å². The molecule has 0 fully saturated rings. The largest absolute Gasteiger partial charge is 0.295 e. The predicted molar refractivity (Wildman–Crippen MR) is 60.3 cm³/mol. The predicted octanol–water partition coefficient (Wildman–Crippen LogP) is 3.83. The maximum Gasteiger partial charge on any atom is 0.158 e. The number of hydrogen-bond acceptors (Lipinski definition) is 1. The van der Waals surface area contributed by atoms with Gasteiger partial charge < -0.3 is 0 Å². The third kappa shape index (κ3) is 3.67. The normalized spacial score (nSPS) is 16.6. The van der Waals surface area contributed by atoms with E-state index in [1.165, 1.54) is 0 Å². The molecule has 0 aromatic carbocycles. The number of Topliss-reactive ketones (excluding diaryl/α,β-unsaturated/α-hetero) is 1. The first-order valence-electron chi connectivity index (χ1n) is 5.18. The van der Waals surface area contributed by atoms with Crippen molar-refractivity contribution in [2.75, 3.05) is 0 Å². The Morgan fingerprint density at radius 1 is 1.43 bits per heavy atom. The molecule has 0 radical (unpaired) electrons. The van der Waals surface area contributed by atoms with E-state index < -0.39 is 0 Å². The average molecular weight is 213 g/mol. The van der Waals surface area contributed by atoms with Gasteiger partial charge in [-0.3, -0.25) is 4.79 Å². The van der Waals surface area contributed by atoms with Crippen molar-refractivity contribution >= 4 is 17.4 Å². The zero-order chi connectivity index (χ0) is 10.6. The molecular formula is C12H17ClO. The Hall–Kier alpha value is -0.560. The van der Waals surface area contributed by atoms with E-state index in [2.05, 4.69) is 13.8 Å². The standard InChI is InChI=1S/C12H17ClO/c1-9(2)3-8-12(14)10-4-6-11(13)7-5-10/h4,6,9H,3,5,7-8H2,1-2H3. The molecule has 0 saturated heterocycles. The summed E-state index contributed by atoms with van der Waals surface area (Å²) in [5.41, 5.74) is 0.940. The zero-order valence-electron chi connectivity index (χ0n) is 8.85. The Morgan fingerprint density at radius 3 is 2.64 bits per heavy atom. The second-order valence-electron chi connectivity index (χ2n) is 4.16. The van der Waals surface area contributed by atoms with Crippen molar-refractivity contribution in [2.45, 2.75) is 39.5 Å². The minimum atomic E-state index is 0.291. The SMILES string of the molecule is CC(C)CCC(=O)C1=CC=C(Cl)CC1. The molecule has 0 spiro atoms. The molecule has 0 aromatic heterocycles.